The van der Waals surface area contributed by atoms with Crippen molar-refractivity contribution in [1.82, 2.24) is 20.2 Å². The molecule has 0 atom stereocenters. The molecule has 0 saturated carbocycles. The Morgan fingerprint density at radius 1 is 1.21 bits per heavy atom. The summed E-state index contributed by atoms with van der Waals surface area (Å²) in [5.41, 5.74) is 2.45. The summed E-state index contributed by atoms with van der Waals surface area (Å²) in [6, 6.07) is 8.17. The van der Waals surface area contributed by atoms with E-state index in [0.717, 1.165) is 43.2 Å². The van der Waals surface area contributed by atoms with Gasteiger partial charge in [-0.2, -0.15) is 0 Å². The van der Waals surface area contributed by atoms with Gasteiger partial charge in [-0.05, 0) is 37.5 Å². The van der Waals surface area contributed by atoms with Gasteiger partial charge in [-0.3, -0.25) is 14.7 Å². The zero-order valence-corrected chi connectivity index (χ0v) is 14.5. The van der Waals surface area contributed by atoms with Crippen LogP contribution in [0.5, 0.6) is 0 Å². The number of hydrogen-bond donors (Lipinski definition) is 1. The molecule has 0 bridgehead atoms. The van der Waals surface area contributed by atoms with Crippen LogP contribution in [-0.4, -0.2) is 39.9 Å². The van der Waals surface area contributed by atoms with Gasteiger partial charge in [0.1, 0.15) is 5.69 Å². The van der Waals surface area contributed by atoms with E-state index < -0.39 is 0 Å². The third-order valence-corrected chi connectivity index (χ3v) is 4.51. The summed E-state index contributed by atoms with van der Waals surface area (Å²) in [6.45, 7) is 4.70. The van der Waals surface area contributed by atoms with Crippen molar-refractivity contribution in [1.29, 1.82) is 0 Å². The number of carbonyl (C=O) groups excluding carboxylic acids is 1. The Labute approximate surface area is 147 Å². The molecular formula is C18H21ClN4O. The molecule has 3 rings (SSSR count). The summed E-state index contributed by atoms with van der Waals surface area (Å²) in [6.07, 6.45) is 5.03. The Kier molecular flexibility index (Phi) is 5.43. The number of carbonyl (C=O) groups is 1. The van der Waals surface area contributed by atoms with Gasteiger partial charge in [-0.25, -0.2) is 4.98 Å². The molecule has 0 spiro atoms. The lowest BCUT2D eigenvalue weighted by molar-refractivity contribution is 0.0903. The summed E-state index contributed by atoms with van der Waals surface area (Å²) in [4.78, 5) is 22.8. The quantitative estimate of drug-likeness (QED) is 0.926. The van der Waals surface area contributed by atoms with Crippen LogP contribution in [0.1, 0.15) is 34.6 Å². The van der Waals surface area contributed by atoms with Gasteiger partial charge in [0.25, 0.3) is 5.91 Å². The Morgan fingerprint density at radius 2 is 1.92 bits per heavy atom. The molecule has 1 aliphatic rings. The number of aromatic nitrogens is 2. The van der Waals surface area contributed by atoms with Crippen LogP contribution in [0.3, 0.4) is 0 Å². The number of amides is 1. The van der Waals surface area contributed by atoms with E-state index in [2.05, 4.69) is 32.3 Å². The van der Waals surface area contributed by atoms with Crippen LogP contribution in [0.15, 0.2) is 36.7 Å². The van der Waals surface area contributed by atoms with Gasteiger partial charge < -0.3 is 5.32 Å². The Balaban J connectivity index is 1.47. The fourth-order valence-electron chi connectivity index (χ4n) is 2.85. The molecule has 2 heterocycles. The van der Waals surface area contributed by atoms with E-state index in [1.165, 1.54) is 11.8 Å². The van der Waals surface area contributed by atoms with E-state index in [1.807, 2.05) is 19.1 Å². The van der Waals surface area contributed by atoms with Crippen LogP contribution >= 0.6 is 11.6 Å². The van der Waals surface area contributed by atoms with Crippen molar-refractivity contribution in [2.24, 2.45) is 0 Å². The predicted octanol–water partition coefficient (Wildman–Crippen LogP) is 2.83. The number of nitrogens with one attached hydrogen (secondary N) is 1. The number of benzene rings is 1. The molecule has 1 N–H and O–H groups in total. The maximum Gasteiger partial charge on any atom is 0.271 e. The van der Waals surface area contributed by atoms with E-state index in [0.29, 0.717) is 5.69 Å². The first-order chi connectivity index (χ1) is 11.6. The lowest BCUT2D eigenvalue weighted by Gasteiger charge is -2.32. The van der Waals surface area contributed by atoms with Crippen molar-refractivity contribution in [3.8, 4) is 0 Å². The smallest absolute Gasteiger partial charge is 0.271 e. The largest absolute Gasteiger partial charge is 0.348 e. The minimum Gasteiger partial charge on any atom is -0.348 e. The third-order valence-electron chi connectivity index (χ3n) is 4.26. The van der Waals surface area contributed by atoms with Gasteiger partial charge >= 0.3 is 0 Å². The van der Waals surface area contributed by atoms with Crippen molar-refractivity contribution in [3.63, 3.8) is 0 Å². The highest BCUT2D eigenvalue weighted by molar-refractivity contribution is 6.30. The second kappa shape index (κ2) is 7.73. The van der Waals surface area contributed by atoms with Crippen LogP contribution in [0.25, 0.3) is 0 Å². The maximum atomic E-state index is 12.2. The number of rotatable bonds is 4. The van der Waals surface area contributed by atoms with Gasteiger partial charge in [-0.15, -0.1) is 0 Å². The van der Waals surface area contributed by atoms with Gasteiger partial charge in [-0.1, -0.05) is 23.7 Å². The SMILES string of the molecule is Cc1cnc(C(=O)NC2CCN(Cc3ccc(Cl)cc3)CC2)cn1. The zero-order chi connectivity index (χ0) is 16.9. The summed E-state index contributed by atoms with van der Waals surface area (Å²) < 4.78 is 0. The molecular weight excluding hydrogens is 324 g/mol. The molecule has 1 fully saturated rings. The summed E-state index contributed by atoms with van der Waals surface area (Å²) in [5, 5.41) is 3.82. The topological polar surface area (TPSA) is 58.1 Å². The van der Waals surface area contributed by atoms with Gasteiger partial charge in [0, 0.05) is 36.9 Å². The summed E-state index contributed by atoms with van der Waals surface area (Å²) in [5.74, 6) is -0.140. The second-order valence-corrected chi connectivity index (χ2v) is 6.63. The number of nitrogens with zero attached hydrogens (tertiary/aromatic N) is 3. The molecule has 0 radical (unpaired) electrons. The van der Waals surface area contributed by atoms with Crippen molar-refractivity contribution in [2.45, 2.75) is 32.4 Å². The molecule has 6 heteroatoms. The lowest BCUT2D eigenvalue weighted by Crippen LogP contribution is -2.44. The summed E-state index contributed by atoms with van der Waals surface area (Å²) >= 11 is 5.92. The van der Waals surface area contributed by atoms with Crippen molar-refractivity contribution in [2.75, 3.05) is 13.1 Å². The molecule has 24 heavy (non-hydrogen) atoms. The zero-order valence-electron chi connectivity index (χ0n) is 13.7. The van der Waals surface area contributed by atoms with E-state index in [-0.39, 0.29) is 11.9 Å². The predicted molar refractivity (Wildman–Crippen MR) is 94.0 cm³/mol. The Bertz CT molecular complexity index is 679. The molecule has 1 aliphatic heterocycles. The molecule has 1 aromatic carbocycles. The van der Waals surface area contributed by atoms with Crippen LogP contribution in [-0.2, 0) is 6.54 Å². The van der Waals surface area contributed by atoms with Gasteiger partial charge in [0.2, 0.25) is 0 Å². The first-order valence-corrected chi connectivity index (χ1v) is 8.54. The average Bonchev–Trinajstić information content (AvgIpc) is 2.59. The maximum absolute atomic E-state index is 12.2. The van der Waals surface area contributed by atoms with Crippen molar-refractivity contribution < 1.29 is 4.79 Å². The second-order valence-electron chi connectivity index (χ2n) is 6.19. The highest BCUT2D eigenvalue weighted by Crippen LogP contribution is 2.16. The minimum absolute atomic E-state index is 0.140. The molecule has 5 nitrogen and oxygen atoms in total. The molecule has 2 aromatic rings. The molecule has 1 amide bonds. The molecule has 1 aromatic heterocycles. The van der Waals surface area contributed by atoms with Crippen LogP contribution in [0, 0.1) is 6.92 Å². The first kappa shape index (κ1) is 16.9. The van der Waals surface area contributed by atoms with Gasteiger partial charge in [0.15, 0.2) is 0 Å². The van der Waals surface area contributed by atoms with E-state index in [9.17, 15) is 4.79 Å². The first-order valence-electron chi connectivity index (χ1n) is 8.16. The Hall–Kier alpha value is -1.98. The number of hydrogen-bond acceptors (Lipinski definition) is 4. The highest BCUT2D eigenvalue weighted by Gasteiger charge is 2.21. The number of likely N-dealkylation sites (tertiary alicyclic amines) is 1. The molecule has 0 unspecified atom stereocenters. The fraction of sp³-hybridized carbons (Fsp3) is 0.389. The number of piperidine rings is 1. The lowest BCUT2D eigenvalue weighted by atomic mass is 10.0. The monoisotopic (exact) mass is 344 g/mol. The normalized spacial score (nSPS) is 16.1. The molecule has 126 valence electrons. The molecule has 0 aliphatic carbocycles. The number of halogens is 1. The van der Waals surface area contributed by atoms with E-state index in [4.69, 9.17) is 11.6 Å². The van der Waals surface area contributed by atoms with E-state index in [1.54, 1.807) is 6.20 Å². The third kappa shape index (κ3) is 4.52. The van der Waals surface area contributed by atoms with Gasteiger partial charge in [0.05, 0.1) is 11.9 Å². The van der Waals surface area contributed by atoms with Crippen LogP contribution in [0.4, 0.5) is 0 Å². The van der Waals surface area contributed by atoms with Crippen molar-refractivity contribution >= 4 is 17.5 Å². The minimum atomic E-state index is -0.140. The highest BCUT2D eigenvalue weighted by atomic mass is 35.5. The van der Waals surface area contributed by atoms with Crippen LogP contribution in [0.2, 0.25) is 5.02 Å². The van der Waals surface area contributed by atoms with E-state index >= 15 is 0 Å². The average molecular weight is 345 g/mol. The fourth-order valence-corrected chi connectivity index (χ4v) is 2.98. The summed E-state index contributed by atoms with van der Waals surface area (Å²) in [7, 11) is 0. The van der Waals surface area contributed by atoms with Crippen molar-refractivity contribution in [3.05, 3.63) is 58.6 Å². The standard InChI is InChI=1S/C18H21ClN4O/c1-13-10-21-17(11-20-13)18(24)22-16-6-8-23(9-7-16)12-14-2-4-15(19)5-3-14/h2-5,10-11,16H,6-9,12H2,1H3,(H,22,24). The molecule has 1 saturated heterocycles. The van der Waals surface area contributed by atoms with Crippen LogP contribution < -0.4 is 5.32 Å². The Morgan fingerprint density at radius 3 is 2.54 bits per heavy atom. The number of aryl methyl sites for hydroxylation is 1.